The van der Waals surface area contributed by atoms with Crippen LogP contribution in [0.25, 0.3) is 10.8 Å². The van der Waals surface area contributed by atoms with E-state index in [-0.39, 0.29) is 12.3 Å². The Kier molecular flexibility index (Phi) is 4.07. The van der Waals surface area contributed by atoms with Crippen molar-refractivity contribution in [1.29, 1.82) is 0 Å². The zero-order chi connectivity index (χ0) is 16.4. The second-order valence-electron chi connectivity index (χ2n) is 6.55. The first-order valence-electron chi connectivity index (χ1n) is 7.95. The third-order valence-corrected chi connectivity index (χ3v) is 4.91. The molecule has 0 spiro atoms. The van der Waals surface area contributed by atoms with E-state index in [9.17, 15) is 14.7 Å². The van der Waals surface area contributed by atoms with Crippen LogP contribution in [0.5, 0.6) is 0 Å². The smallest absolute Gasteiger partial charge is 0.310 e. The maximum absolute atomic E-state index is 12.4. The van der Waals surface area contributed by atoms with Crippen molar-refractivity contribution in [3.05, 3.63) is 48.0 Å². The Labute approximate surface area is 135 Å². The van der Waals surface area contributed by atoms with E-state index in [4.69, 9.17) is 0 Å². The van der Waals surface area contributed by atoms with Crippen LogP contribution in [0.3, 0.4) is 0 Å². The Bertz CT molecular complexity index is 749. The van der Waals surface area contributed by atoms with Gasteiger partial charge in [-0.05, 0) is 35.2 Å². The first kappa shape index (κ1) is 15.5. The quantitative estimate of drug-likeness (QED) is 0.920. The lowest BCUT2D eigenvalue weighted by atomic mass is 9.66. The zero-order valence-corrected chi connectivity index (χ0v) is 13.3. The summed E-state index contributed by atoms with van der Waals surface area (Å²) < 4.78 is 0. The topological polar surface area (TPSA) is 57.6 Å². The van der Waals surface area contributed by atoms with Gasteiger partial charge in [-0.15, -0.1) is 0 Å². The molecule has 4 heteroatoms. The van der Waals surface area contributed by atoms with Crippen molar-refractivity contribution in [2.45, 2.75) is 32.2 Å². The van der Waals surface area contributed by atoms with E-state index in [1.807, 2.05) is 24.3 Å². The lowest BCUT2D eigenvalue weighted by Gasteiger charge is -2.38. The average Bonchev–Trinajstić information content (AvgIpc) is 2.50. The summed E-state index contributed by atoms with van der Waals surface area (Å²) in [6.07, 6.45) is 2.22. The maximum atomic E-state index is 12.4. The Balaban J connectivity index is 1.68. The fourth-order valence-electron chi connectivity index (χ4n) is 3.19. The SMILES string of the molecule is CN(Cc1ccc2ccccc2c1)C(=O)CC1(C(=O)O)CCC1. The van der Waals surface area contributed by atoms with E-state index in [0.29, 0.717) is 19.4 Å². The molecule has 1 amide bonds. The molecular weight excluding hydrogens is 290 g/mol. The molecule has 2 aromatic carbocycles. The van der Waals surface area contributed by atoms with Crippen LogP contribution in [0.2, 0.25) is 0 Å². The summed E-state index contributed by atoms with van der Waals surface area (Å²) >= 11 is 0. The number of carboxylic acid groups (broad SMARTS) is 1. The summed E-state index contributed by atoms with van der Waals surface area (Å²) in [5.41, 5.74) is 0.229. The van der Waals surface area contributed by atoms with Crippen molar-refractivity contribution in [3.63, 3.8) is 0 Å². The highest BCUT2D eigenvalue weighted by Crippen LogP contribution is 2.44. The molecule has 0 aromatic heterocycles. The minimum atomic E-state index is -0.837. The minimum Gasteiger partial charge on any atom is -0.481 e. The number of fused-ring (bicyclic) bond motifs is 1. The van der Waals surface area contributed by atoms with E-state index >= 15 is 0 Å². The standard InChI is InChI=1S/C19H21NO3/c1-20(17(21)12-19(18(22)23)9-4-10-19)13-14-7-8-15-5-2-3-6-16(15)11-14/h2-3,5-8,11H,4,9-10,12-13H2,1H3,(H,22,23). The van der Waals surface area contributed by atoms with Gasteiger partial charge in [0.15, 0.2) is 0 Å². The highest BCUT2D eigenvalue weighted by atomic mass is 16.4. The summed E-state index contributed by atoms with van der Waals surface area (Å²) in [6, 6.07) is 14.2. The lowest BCUT2D eigenvalue weighted by Crippen LogP contribution is -2.42. The third-order valence-electron chi connectivity index (χ3n) is 4.91. The van der Waals surface area contributed by atoms with Crippen molar-refractivity contribution in [2.75, 3.05) is 7.05 Å². The predicted octanol–water partition coefficient (Wildman–Crippen LogP) is 3.44. The zero-order valence-electron chi connectivity index (χ0n) is 13.3. The molecule has 1 aliphatic rings. The number of benzene rings is 2. The number of carbonyl (C=O) groups excluding carboxylic acids is 1. The lowest BCUT2D eigenvalue weighted by molar-refractivity contribution is -0.159. The van der Waals surface area contributed by atoms with Gasteiger partial charge >= 0.3 is 5.97 Å². The number of rotatable bonds is 5. The van der Waals surface area contributed by atoms with Crippen LogP contribution in [0.4, 0.5) is 0 Å². The molecule has 0 radical (unpaired) electrons. The van der Waals surface area contributed by atoms with Crippen molar-refractivity contribution in [2.24, 2.45) is 5.41 Å². The highest BCUT2D eigenvalue weighted by Gasteiger charge is 2.46. The van der Waals surface area contributed by atoms with Gasteiger partial charge in [0.1, 0.15) is 0 Å². The number of carboxylic acids is 1. The average molecular weight is 311 g/mol. The normalized spacial score (nSPS) is 15.9. The molecular formula is C19H21NO3. The van der Waals surface area contributed by atoms with Crippen molar-refractivity contribution in [3.8, 4) is 0 Å². The van der Waals surface area contributed by atoms with E-state index in [2.05, 4.69) is 18.2 Å². The van der Waals surface area contributed by atoms with Crippen LogP contribution in [0, 0.1) is 5.41 Å². The van der Waals surface area contributed by atoms with Gasteiger partial charge in [-0.2, -0.15) is 0 Å². The molecule has 23 heavy (non-hydrogen) atoms. The molecule has 0 saturated heterocycles. The third kappa shape index (κ3) is 3.07. The first-order chi connectivity index (χ1) is 11.0. The molecule has 1 fully saturated rings. The number of aliphatic carboxylic acids is 1. The number of hydrogen-bond acceptors (Lipinski definition) is 2. The fraction of sp³-hybridized carbons (Fsp3) is 0.368. The van der Waals surface area contributed by atoms with Crippen LogP contribution in [-0.4, -0.2) is 28.9 Å². The second kappa shape index (κ2) is 6.03. The van der Waals surface area contributed by atoms with Gasteiger partial charge in [0.2, 0.25) is 5.91 Å². The number of amides is 1. The monoisotopic (exact) mass is 311 g/mol. The molecule has 120 valence electrons. The summed E-state index contributed by atoms with van der Waals surface area (Å²) in [5.74, 6) is -0.934. The Morgan fingerprint density at radius 2 is 1.83 bits per heavy atom. The van der Waals surface area contributed by atoms with Gasteiger partial charge in [0.25, 0.3) is 0 Å². The first-order valence-corrected chi connectivity index (χ1v) is 7.95. The fourth-order valence-corrected chi connectivity index (χ4v) is 3.19. The summed E-state index contributed by atoms with van der Waals surface area (Å²) in [7, 11) is 1.74. The van der Waals surface area contributed by atoms with Crippen molar-refractivity contribution in [1.82, 2.24) is 4.90 Å². The maximum Gasteiger partial charge on any atom is 0.310 e. The van der Waals surface area contributed by atoms with E-state index in [0.717, 1.165) is 17.4 Å². The molecule has 1 aliphatic carbocycles. The molecule has 0 aliphatic heterocycles. The Morgan fingerprint density at radius 3 is 2.43 bits per heavy atom. The van der Waals surface area contributed by atoms with Gasteiger partial charge in [-0.1, -0.05) is 42.8 Å². The van der Waals surface area contributed by atoms with Crippen LogP contribution in [-0.2, 0) is 16.1 Å². The van der Waals surface area contributed by atoms with E-state index < -0.39 is 11.4 Å². The van der Waals surface area contributed by atoms with Crippen LogP contribution in [0.15, 0.2) is 42.5 Å². The summed E-state index contributed by atoms with van der Waals surface area (Å²) in [5, 5.41) is 11.7. The van der Waals surface area contributed by atoms with Crippen molar-refractivity contribution < 1.29 is 14.7 Å². The van der Waals surface area contributed by atoms with E-state index in [1.54, 1.807) is 11.9 Å². The molecule has 2 aromatic rings. The Morgan fingerprint density at radius 1 is 1.13 bits per heavy atom. The van der Waals surface area contributed by atoms with Gasteiger partial charge < -0.3 is 10.0 Å². The molecule has 4 nitrogen and oxygen atoms in total. The number of nitrogens with zero attached hydrogens (tertiary/aromatic N) is 1. The molecule has 3 rings (SSSR count). The van der Waals surface area contributed by atoms with Gasteiger partial charge in [-0.25, -0.2) is 0 Å². The molecule has 0 bridgehead atoms. The van der Waals surface area contributed by atoms with Crippen LogP contribution >= 0.6 is 0 Å². The second-order valence-corrected chi connectivity index (χ2v) is 6.55. The van der Waals surface area contributed by atoms with Gasteiger partial charge in [0.05, 0.1) is 5.41 Å². The Hall–Kier alpha value is -2.36. The minimum absolute atomic E-state index is 0.0970. The van der Waals surface area contributed by atoms with Crippen molar-refractivity contribution >= 4 is 22.6 Å². The van der Waals surface area contributed by atoms with E-state index in [1.165, 1.54) is 5.39 Å². The van der Waals surface area contributed by atoms with Gasteiger partial charge in [-0.3, -0.25) is 9.59 Å². The van der Waals surface area contributed by atoms with Crippen LogP contribution < -0.4 is 0 Å². The summed E-state index contributed by atoms with van der Waals surface area (Å²) in [6.45, 7) is 0.499. The molecule has 0 atom stereocenters. The number of hydrogen-bond donors (Lipinski definition) is 1. The number of carbonyl (C=O) groups is 2. The van der Waals surface area contributed by atoms with Gasteiger partial charge in [0, 0.05) is 20.0 Å². The summed E-state index contributed by atoms with van der Waals surface area (Å²) in [4.78, 5) is 25.4. The molecule has 0 unspecified atom stereocenters. The van der Waals surface area contributed by atoms with Crippen LogP contribution in [0.1, 0.15) is 31.2 Å². The predicted molar refractivity (Wildman–Crippen MR) is 89.0 cm³/mol. The largest absolute Gasteiger partial charge is 0.481 e. The molecule has 0 heterocycles. The molecule has 1 N–H and O–H groups in total. The highest BCUT2D eigenvalue weighted by molar-refractivity contribution is 5.86. The molecule has 1 saturated carbocycles.